The first kappa shape index (κ1) is 21.6. The number of benzene rings is 3. The van der Waals surface area contributed by atoms with E-state index in [1.807, 2.05) is 42.8 Å². The maximum absolute atomic E-state index is 13.2. The molecule has 0 atom stereocenters. The molecule has 0 radical (unpaired) electrons. The Hall–Kier alpha value is -3.23. The number of hydrogen-bond acceptors (Lipinski definition) is 4. The smallest absolute Gasteiger partial charge is 0.279 e. The molecule has 0 unspecified atom stereocenters. The largest absolute Gasteiger partial charge is 0.319 e. The molecular formula is C25H23N3O3S2. The van der Waals surface area contributed by atoms with Crippen LogP contribution in [-0.4, -0.2) is 25.4 Å². The highest BCUT2D eigenvalue weighted by atomic mass is 32.2. The predicted molar refractivity (Wildman–Crippen MR) is 131 cm³/mol. The summed E-state index contributed by atoms with van der Waals surface area (Å²) in [6.45, 7) is 4.51. The minimum absolute atomic E-state index is 0.161. The van der Waals surface area contributed by atoms with Gasteiger partial charge in [-0.05, 0) is 73.4 Å². The lowest BCUT2D eigenvalue weighted by molar-refractivity contribution is 0.0998. The Morgan fingerprint density at radius 1 is 1.03 bits per heavy atom. The first-order valence-corrected chi connectivity index (χ1v) is 12.9. The van der Waals surface area contributed by atoms with Gasteiger partial charge in [-0.3, -0.25) is 9.10 Å². The van der Waals surface area contributed by atoms with E-state index in [1.54, 1.807) is 0 Å². The van der Waals surface area contributed by atoms with Crippen molar-refractivity contribution < 1.29 is 13.2 Å². The molecule has 1 aliphatic rings. The molecule has 168 valence electrons. The average molecular weight is 478 g/mol. The minimum atomic E-state index is -3.70. The number of aryl methyl sites for hydroxylation is 3. The van der Waals surface area contributed by atoms with Gasteiger partial charge in [0.25, 0.3) is 15.9 Å². The molecule has 6 nitrogen and oxygen atoms in total. The topological polar surface area (TPSA) is 71.7 Å². The van der Waals surface area contributed by atoms with Crippen molar-refractivity contribution in [3.63, 3.8) is 0 Å². The van der Waals surface area contributed by atoms with Crippen LogP contribution >= 0.6 is 11.3 Å². The fraction of sp³-hybridized carbons (Fsp3) is 0.200. The van der Waals surface area contributed by atoms with E-state index in [0.29, 0.717) is 23.3 Å². The number of aromatic nitrogens is 1. The maximum atomic E-state index is 13.2. The first-order chi connectivity index (χ1) is 15.8. The standard InChI is InChI=1S/C25H23N3O3S2/c1-16-14-17(2)23-22(15-16)27(3)25(32-23)26-24(29)19-8-10-20(11-9-19)33(30,31)28-13-12-18-6-4-5-7-21(18)28/h4-11,14-15H,12-13H2,1-3H3. The summed E-state index contributed by atoms with van der Waals surface area (Å²) in [6, 6.07) is 17.8. The molecule has 0 saturated heterocycles. The number of rotatable bonds is 3. The lowest BCUT2D eigenvalue weighted by Crippen LogP contribution is -2.29. The summed E-state index contributed by atoms with van der Waals surface area (Å²) < 4.78 is 30.8. The van der Waals surface area contributed by atoms with Crippen LogP contribution in [0.2, 0.25) is 0 Å². The molecule has 4 aromatic rings. The highest BCUT2D eigenvalue weighted by Gasteiger charge is 2.30. The molecule has 33 heavy (non-hydrogen) atoms. The second-order valence-corrected chi connectivity index (χ2v) is 11.1. The van der Waals surface area contributed by atoms with Crippen molar-refractivity contribution in [2.24, 2.45) is 12.0 Å². The number of thiazole rings is 1. The summed E-state index contributed by atoms with van der Waals surface area (Å²) >= 11 is 1.47. The summed E-state index contributed by atoms with van der Waals surface area (Å²) in [5, 5.41) is 0. The monoisotopic (exact) mass is 477 g/mol. The second kappa shape index (κ2) is 7.97. The fourth-order valence-electron chi connectivity index (χ4n) is 4.28. The van der Waals surface area contributed by atoms with Gasteiger partial charge in [-0.1, -0.05) is 35.6 Å². The lowest BCUT2D eigenvalue weighted by atomic mass is 10.1. The van der Waals surface area contributed by atoms with Crippen LogP contribution < -0.4 is 9.11 Å². The highest BCUT2D eigenvalue weighted by Crippen LogP contribution is 2.32. The molecular weight excluding hydrogens is 454 g/mol. The molecule has 0 spiro atoms. The fourth-order valence-corrected chi connectivity index (χ4v) is 6.85. The summed E-state index contributed by atoms with van der Waals surface area (Å²) in [6.07, 6.45) is 0.691. The van der Waals surface area contributed by atoms with Crippen LogP contribution in [0.1, 0.15) is 27.0 Å². The molecule has 1 amide bonds. The van der Waals surface area contributed by atoms with Crippen LogP contribution in [0.4, 0.5) is 5.69 Å². The summed E-state index contributed by atoms with van der Waals surface area (Å²) in [7, 11) is -1.80. The summed E-state index contributed by atoms with van der Waals surface area (Å²) in [5.41, 5.74) is 5.43. The van der Waals surface area contributed by atoms with Gasteiger partial charge in [-0.25, -0.2) is 8.42 Å². The van der Waals surface area contributed by atoms with Crippen LogP contribution in [0.25, 0.3) is 10.2 Å². The quantitative estimate of drug-likeness (QED) is 0.440. The molecule has 8 heteroatoms. The van der Waals surface area contributed by atoms with E-state index in [9.17, 15) is 13.2 Å². The Kier molecular flexibility index (Phi) is 5.22. The number of fused-ring (bicyclic) bond motifs is 2. The van der Waals surface area contributed by atoms with Crippen molar-refractivity contribution in [1.29, 1.82) is 0 Å². The molecule has 0 N–H and O–H groups in total. The molecule has 5 rings (SSSR count). The Bertz CT molecular complexity index is 1580. The van der Waals surface area contributed by atoms with E-state index < -0.39 is 15.9 Å². The molecule has 0 bridgehead atoms. The number of hydrogen-bond donors (Lipinski definition) is 0. The van der Waals surface area contributed by atoms with Crippen LogP contribution in [0.5, 0.6) is 0 Å². The SMILES string of the molecule is Cc1cc(C)c2sc(=NC(=O)c3ccc(S(=O)(=O)N4CCc5ccccc54)cc3)n(C)c2c1. The zero-order valence-corrected chi connectivity index (χ0v) is 20.2. The van der Waals surface area contributed by atoms with Gasteiger partial charge in [0, 0.05) is 19.2 Å². The van der Waals surface area contributed by atoms with Crippen LogP contribution in [0.15, 0.2) is 70.6 Å². The van der Waals surface area contributed by atoms with Gasteiger partial charge in [0.05, 0.1) is 20.8 Å². The van der Waals surface area contributed by atoms with E-state index in [0.717, 1.165) is 32.6 Å². The number of anilines is 1. The van der Waals surface area contributed by atoms with E-state index in [4.69, 9.17) is 0 Å². The van der Waals surface area contributed by atoms with Crippen LogP contribution in [0, 0.1) is 13.8 Å². The normalized spacial score (nSPS) is 14.2. The van der Waals surface area contributed by atoms with Gasteiger partial charge in [0.2, 0.25) is 0 Å². The molecule has 1 aliphatic heterocycles. The number of para-hydroxylation sites is 1. The summed E-state index contributed by atoms with van der Waals surface area (Å²) in [4.78, 5) is 17.9. The van der Waals surface area contributed by atoms with Gasteiger partial charge < -0.3 is 4.57 Å². The zero-order valence-electron chi connectivity index (χ0n) is 18.6. The molecule has 2 heterocycles. The van der Waals surface area contributed by atoms with Gasteiger partial charge in [0.15, 0.2) is 4.80 Å². The average Bonchev–Trinajstić information content (AvgIpc) is 3.37. The number of amides is 1. The van der Waals surface area contributed by atoms with Crippen molar-refractivity contribution in [3.8, 4) is 0 Å². The van der Waals surface area contributed by atoms with Gasteiger partial charge >= 0.3 is 0 Å². The third-order valence-electron chi connectivity index (χ3n) is 5.97. The van der Waals surface area contributed by atoms with Crippen molar-refractivity contribution in [2.75, 3.05) is 10.8 Å². The molecule has 3 aromatic carbocycles. The van der Waals surface area contributed by atoms with Crippen LogP contribution in [-0.2, 0) is 23.5 Å². The van der Waals surface area contributed by atoms with E-state index >= 15 is 0 Å². The first-order valence-electron chi connectivity index (χ1n) is 10.6. The third kappa shape index (κ3) is 3.69. The molecule has 0 aliphatic carbocycles. The van der Waals surface area contributed by atoms with Crippen molar-refractivity contribution in [1.82, 2.24) is 4.57 Å². The number of nitrogens with zero attached hydrogens (tertiary/aromatic N) is 3. The Morgan fingerprint density at radius 2 is 1.76 bits per heavy atom. The highest BCUT2D eigenvalue weighted by molar-refractivity contribution is 7.92. The van der Waals surface area contributed by atoms with Crippen molar-refractivity contribution in [3.05, 3.63) is 87.7 Å². The second-order valence-electron chi connectivity index (χ2n) is 8.27. The molecule has 1 aromatic heterocycles. The van der Waals surface area contributed by atoms with E-state index in [2.05, 4.69) is 24.0 Å². The number of carbonyl (C=O) groups is 1. The Balaban J connectivity index is 1.46. The van der Waals surface area contributed by atoms with Crippen LogP contribution in [0.3, 0.4) is 0 Å². The number of sulfonamides is 1. The predicted octanol–water partition coefficient (Wildman–Crippen LogP) is 4.35. The minimum Gasteiger partial charge on any atom is -0.319 e. The Morgan fingerprint density at radius 3 is 2.52 bits per heavy atom. The zero-order chi connectivity index (χ0) is 23.3. The van der Waals surface area contributed by atoms with Gasteiger partial charge in [-0.2, -0.15) is 4.99 Å². The lowest BCUT2D eigenvalue weighted by Gasteiger charge is -2.19. The van der Waals surface area contributed by atoms with Crippen molar-refractivity contribution >= 4 is 43.2 Å². The van der Waals surface area contributed by atoms with E-state index in [1.165, 1.54) is 39.9 Å². The number of carbonyl (C=O) groups excluding carboxylic acids is 1. The molecule has 0 fully saturated rings. The van der Waals surface area contributed by atoms with Gasteiger partial charge in [0.1, 0.15) is 0 Å². The van der Waals surface area contributed by atoms with Gasteiger partial charge in [-0.15, -0.1) is 0 Å². The third-order valence-corrected chi connectivity index (χ3v) is 9.08. The molecule has 0 saturated carbocycles. The maximum Gasteiger partial charge on any atom is 0.279 e. The Labute approximate surface area is 196 Å². The van der Waals surface area contributed by atoms with E-state index in [-0.39, 0.29) is 4.90 Å². The summed E-state index contributed by atoms with van der Waals surface area (Å²) in [5.74, 6) is -0.401. The van der Waals surface area contributed by atoms with Crippen molar-refractivity contribution in [2.45, 2.75) is 25.2 Å².